The first-order chi connectivity index (χ1) is 7.81. The molecule has 0 bridgehead atoms. The summed E-state index contributed by atoms with van der Waals surface area (Å²) in [7, 11) is 0. The van der Waals surface area contributed by atoms with Gasteiger partial charge in [-0.1, -0.05) is 17.7 Å². The van der Waals surface area contributed by atoms with E-state index in [-0.39, 0.29) is 0 Å². The molecule has 0 saturated carbocycles. The van der Waals surface area contributed by atoms with Crippen molar-refractivity contribution in [1.82, 2.24) is 0 Å². The van der Waals surface area contributed by atoms with Crippen LogP contribution in [-0.4, -0.2) is 19.3 Å². The van der Waals surface area contributed by atoms with Crippen LogP contribution in [0.25, 0.3) is 0 Å². The van der Waals surface area contributed by atoms with Gasteiger partial charge >= 0.3 is 0 Å². The zero-order valence-electron chi connectivity index (χ0n) is 8.78. The Morgan fingerprint density at radius 2 is 2.12 bits per heavy atom. The number of halogens is 1. The number of carbonyl (C=O) groups excluding carboxylic acids is 1. The third kappa shape index (κ3) is 2.50. The normalized spacial score (nSPS) is 16.8. The van der Waals surface area contributed by atoms with Crippen molar-refractivity contribution >= 4 is 23.4 Å². The highest BCUT2D eigenvalue weighted by atomic mass is 35.5. The van der Waals surface area contributed by atoms with Crippen molar-refractivity contribution in [2.75, 3.05) is 13.2 Å². The van der Waals surface area contributed by atoms with Gasteiger partial charge in [-0.3, -0.25) is 0 Å². The Labute approximate surface area is 99.1 Å². The molecular weight excluding hydrogens is 226 g/mol. The van der Waals surface area contributed by atoms with E-state index in [9.17, 15) is 4.79 Å². The van der Waals surface area contributed by atoms with E-state index >= 15 is 0 Å². The van der Waals surface area contributed by atoms with Gasteiger partial charge in [-0.2, -0.15) is 4.99 Å². The van der Waals surface area contributed by atoms with Gasteiger partial charge in [-0.15, -0.1) is 0 Å². The van der Waals surface area contributed by atoms with Crippen molar-refractivity contribution in [3.63, 3.8) is 0 Å². The van der Waals surface area contributed by atoms with Crippen molar-refractivity contribution in [3.8, 4) is 0 Å². The van der Waals surface area contributed by atoms with E-state index in [1.54, 1.807) is 12.1 Å². The quantitative estimate of drug-likeness (QED) is 0.585. The highest BCUT2D eigenvalue weighted by molar-refractivity contribution is 6.31. The second kappa shape index (κ2) is 5.26. The zero-order valence-corrected chi connectivity index (χ0v) is 9.54. The van der Waals surface area contributed by atoms with Crippen LogP contribution in [0.4, 0.5) is 5.69 Å². The number of isocyanates is 1. The number of nitrogens with zero attached hydrogens (tertiary/aromatic N) is 1. The van der Waals surface area contributed by atoms with E-state index in [0.29, 0.717) is 16.6 Å². The molecule has 0 spiro atoms. The van der Waals surface area contributed by atoms with Crippen molar-refractivity contribution in [1.29, 1.82) is 0 Å². The number of hydrogen-bond acceptors (Lipinski definition) is 3. The van der Waals surface area contributed by atoms with Gasteiger partial charge in [0.25, 0.3) is 0 Å². The molecule has 0 N–H and O–H groups in total. The molecule has 3 nitrogen and oxygen atoms in total. The summed E-state index contributed by atoms with van der Waals surface area (Å²) in [6, 6.07) is 5.44. The summed E-state index contributed by atoms with van der Waals surface area (Å²) in [6.45, 7) is 1.57. The van der Waals surface area contributed by atoms with Crippen LogP contribution in [-0.2, 0) is 9.53 Å². The molecule has 0 radical (unpaired) electrons. The maximum absolute atomic E-state index is 10.1. The SMILES string of the molecule is O=C=Nc1ccc(C2CCOCC2)c(Cl)c1. The van der Waals surface area contributed by atoms with Crippen LogP contribution in [0.1, 0.15) is 24.3 Å². The summed E-state index contributed by atoms with van der Waals surface area (Å²) in [5.74, 6) is 0.454. The first-order valence-electron chi connectivity index (χ1n) is 5.26. The van der Waals surface area contributed by atoms with Crippen LogP contribution in [0.5, 0.6) is 0 Å². The molecular formula is C12H12ClNO2. The Kier molecular flexibility index (Phi) is 3.73. The number of ether oxygens (including phenoxy) is 1. The van der Waals surface area contributed by atoms with Crippen molar-refractivity contribution in [2.45, 2.75) is 18.8 Å². The van der Waals surface area contributed by atoms with Crippen LogP contribution in [0.15, 0.2) is 23.2 Å². The maximum atomic E-state index is 10.1. The second-order valence-electron chi connectivity index (χ2n) is 3.80. The summed E-state index contributed by atoms with van der Waals surface area (Å²) >= 11 is 6.17. The fourth-order valence-electron chi connectivity index (χ4n) is 1.98. The molecule has 0 aromatic heterocycles. The molecule has 84 valence electrons. The highest BCUT2D eigenvalue weighted by Crippen LogP contribution is 2.34. The van der Waals surface area contributed by atoms with E-state index in [2.05, 4.69) is 4.99 Å². The molecule has 1 saturated heterocycles. The molecule has 0 atom stereocenters. The van der Waals surface area contributed by atoms with Crippen LogP contribution in [0, 0.1) is 0 Å². The first-order valence-corrected chi connectivity index (χ1v) is 5.64. The number of rotatable bonds is 2. The minimum absolute atomic E-state index is 0.454. The van der Waals surface area contributed by atoms with E-state index in [1.807, 2.05) is 6.07 Å². The molecule has 4 heteroatoms. The van der Waals surface area contributed by atoms with Gasteiger partial charge in [0.15, 0.2) is 0 Å². The topological polar surface area (TPSA) is 38.7 Å². The molecule has 16 heavy (non-hydrogen) atoms. The number of benzene rings is 1. The van der Waals surface area contributed by atoms with Crippen LogP contribution in [0.2, 0.25) is 5.02 Å². The van der Waals surface area contributed by atoms with Crippen LogP contribution >= 0.6 is 11.6 Å². The Morgan fingerprint density at radius 3 is 2.75 bits per heavy atom. The molecule has 1 aliphatic heterocycles. The average molecular weight is 238 g/mol. The zero-order chi connectivity index (χ0) is 11.4. The largest absolute Gasteiger partial charge is 0.381 e. The van der Waals surface area contributed by atoms with E-state index in [0.717, 1.165) is 31.6 Å². The molecule has 1 heterocycles. The summed E-state index contributed by atoms with van der Waals surface area (Å²) in [5, 5.41) is 0.670. The highest BCUT2D eigenvalue weighted by Gasteiger charge is 2.18. The number of hydrogen-bond donors (Lipinski definition) is 0. The molecule has 1 fully saturated rings. The fourth-order valence-corrected chi connectivity index (χ4v) is 2.31. The van der Waals surface area contributed by atoms with Gasteiger partial charge < -0.3 is 4.74 Å². The summed E-state index contributed by atoms with van der Waals surface area (Å²) in [6.07, 6.45) is 3.50. The van der Waals surface area contributed by atoms with Crippen LogP contribution in [0.3, 0.4) is 0 Å². The van der Waals surface area contributed by atoms with Crippen molar-refractivity contribution in [2.24, 2.45) is 4.99 Å². The lowest BCUT2D eigenvalue weighted by molar-refractivity contribution is 0.0853. The van der Waals surface area contributed by atoms with Crippen LogP contribution < -0.4 is 0 Å². The van der Waals surface area contributed by atoms with Gasteiger partial charge in [0.2, 0.25) is 6.08 Å². The lowest BCUT2D eigenvalue weighted by Crippen LogP contribution is -2.14. The molecule has 0 aliphatic carbocycles. The first kappa shape index (κ1) is 11.3. The van der Waals surface area contributed by atoms with Gasteiger partial charge in [0.1, 0.15) is 0 Å². The van der Waals surface area contributed by atoms with E-state index < -0.39 is 0 Å². The van der Waals surface area contributed by atoms with Gasteiger partial charge in [0.05, 0.1) is 5.69 Å². The molecule has 2 rings (SSSR count). The summed E-state index contributed by atoms with van der Waals surface area (Å²) in [5.41, 5.74) is 1.67. The van der Waals surface area contributed by atoms with Gasteiger partial charge in [0, 0.05) is 18.2 Å². The predicted molar refractivity (Wildman–Crippen MR) is 62.0 cm³/mol. The molecule has 0 amide bonds. The van der Waals surface area contributed by atoms with E-state index in [4.69, 9.17) is 16.3 Å². The monoisotopic (exact) mass is 237 g/mol. The average Bonchev–Trinajstić information content (AvgIpc) is 2.31. The van der Waals surface area contributed by atoms with E-state index in [1.165, 1.54) is 6.08 Å². The molecule has 1 aliphatic rings. The van der Waals surface area contributed by atoms with Crippen molar-refractivity contribution in [3.05, 3.63) is 28.8 Å². The Hall–Kier alpha value is -1.15. The Bertz CT molecular complexity index is 421. The minimum atomic E-state index is 0.454. The lowest BCUT2D eigenvalue weighted by Gasteiger charge is -2.23. The minimum Gasteiger partial charge on any atom is -0.381 e. The summed E-state index contributed by atoms with van der Waals surface area (Å²) in [4.78, 5) is 13.7. The Balaban J connectivity index is 2.24. The number of aliphatic imine (C=N–C) groups is 1. The standard InChI is InChI=1S/C12H12ClNO2/c13-12-7-10(14-8-15)1-2-11(12)9-3-5-16-6-4-9/h1-2,7,9H,3-6H2. The predicted octanol–water partition coefficient (Wildman–Crippen LogP) is 3.20. The third-order valence-corrected chi connectivity index (χ3v) is 3.15. The molecule has 1 aromatic rings. The molecule has 0 unspecified atom stereocenters. The molecule has 1 aromatic carbocycles. The lowest BCUT2D eigenvalue weighted by atomic mass is 9.91. The smallest absolute Gasteiger partial charge is 0.240 e. The third-order valence-electron chi connectivity index (χ3n) is 2.82. The fraction of sp³-hybridized carbons (Fsp3) is 0.417. The summed E-state index contributed by atoms with van der Waals surface area (Å²) < 4.78 is 5.31. The maximum Gasteiger partial charge on any atom is 0.240 e. The Morgan fingerprint density at radius 1 is 1.38 bits per heavy atom. The van der Waals surface area contributed by atoms with Gasteiger partial charge in [-0.05, 0) is 36.5 Å². The van der Waals surface area contributed by atoms with Crippen molar-refractivity contribution < 1.29 is 9.53 Å². The second-order valence-corrected chi connectivity index (χ2v) is 4.20. The van der Waals surface area contributed by atoms with Gasteiger partial charge in [-0.25, -0.2) is 4.79 Å².